The monoisotopic (exact) mass is 439 g/mol. The zero-order valence-electron chi connectivity index (χ0n) is 15.4. The van der Waals surface area contributed by atoms with Gasteiger partial charge in [0.05, 0.1) is 24.4 Å². The molecule has 0 saturated heterocycles. The number of anilines is 1. The number of Topliss-reactive ketones (excluding diaryl/α,β-unsaturated/α-hetero) is 1. The molecular weight excluding hydrogens is 422 g/mol. The second kappa shape index (κ2) is 7.24. The first kappa shape index (κ1) is 18.4. The van der Waals surface area contributed by atoms with Crippen molar-refractivity contribution in [2.45, 2.75) is 19.3 Å². The Labute approximate surface area is 170 Å². The van der Waals surface area contributed by atoms with Crippen LogP contribution in [-0.2, 0) is 4.79 Å². The predicted molar refractivity (Wildman–Crippen MR) is 109 cm³/mol. The largest absolute Gasteiger partial charge is 0.497 e. The minimum absolute atomic E-state index is 0.0998. The van der Waals surface area contributed by atoms with E-state index in [2.05, 4.69) is 26.3 Å². The van der Waals surface area contributed by atoms with Crippen LogP contribution in [0, 0.1) is 6.92 Å². The molecule has 2 aromatic carbocycles. The lowest BCUT2D eigenvalue weighted by Gasteiger charge is -2.23. The number of ether oxygens (including phenoxy) is 1. The number of halogens is 1. The van der Waals surface area contributed by atoms with Crippen molar-refractivity contribution in [2.75, 3.05) is 12.4 Å². The van der Waals surface area contributed by atoms with E-state index in [9.17, 15) is 9.59 Å². The van der Waals surface area contributed by atoms with Crippen molar-refractivity contribution < 1.29 is 14.3 Å². The number of methoxy groups -OCH3 is 1. The highest BCUT2D eigenvalue weighted by atomic mass is 79.9. The van der Waals surface area contributed by atoms with Gasteiger partial charge in [-0.25, -0.2) is 4.68 Å². The molecule has 1 aliphatic rings. The number of carbonyl (C=O) groups excluding carboxylic acids is 2. The smallest absolute Gasteiger partial charge is 0.226 e. The van der Waals surface area contributed by atoms with E-state index in [1.807, 2.05) is 31.2 Å². The van der Waals surface area contributed by atoms with Gasteiger partial charge in [-0.05, 0) is 55.5 Å². The van der Waals surface area contributed by atoms with Gasteiger partial charge in [-0.1, -0.05) is 15.9 Å². The fraction of sp³-hybridized carbons (Fsp3) is 0.190. The Bertz CT molecular complexity index is 1060. The Kier molecular flexibility index (Phi) is 4.77. The number of nitrogens with zero attached hydrogens (tertiary/aromatic N) is 2. The molecule has 0 fully saturated rings. The van der Waals surface area contributed by atoms with Crippen LogP contribution in [0.4, 0.5) is 5.82 Å². The van der Waals surface area contributed by atoms with E-state index in [-0.39, 0.29) is 18.1 Å². The van der Waals surface area contributed by atoms with E-state index >= 15 is 0 Å². The lowest BCUT2D eigenvalue weighted by atomic mass is 9.85. The summed E-state index contributed by atoms with van der Waals surface area (Å²) in [6.07, 6.45) is 0.102. The van der Waals surface area contributed by atoms with Crippen molar-refractivity contribution in [3.8, 4) is 11.4 Å². The number of aromatic nitrogens is 2. The Hall–Kier alpha value is -2.93. The van der Waals surface area contributed by atoms with Crippen LogP contribution in [0.2, 0.25) is 0 Å². The molecule has 28 heavy (non-hydrogen) atoms. The van der Waals surface area contributed by atoms with E-state index in [4.69, 9.17) is 4.74 Å². The third-order valence-corrected chi connectivity index (χ3v) is 5.39. The Balaban J connectivity index is 1.77. The number of aryl methyl sites for hydroxylation is 1. The van der Waals surface area contributed by atoms with Gasteiger partial charge in [0.25, 0.3) is 0 Å². The third-order valence-electron chi connectivity index (χ3n) is 4.86. The Morgan fingerprint density at radius 3 is 2.50 bits per heavy atom. The maximum atomic E-state index is 13.2. The first-order valence-electron chi connectivity index (χ1n) is 8.81. The zero-order chi connectivity index (χ0) is 19.8. The summed E-state index contributed by atoms with van der Waals surface area (Å²) in [4.78, 5) is 25.6. The summed E-state index contributed by atoms with van der Waals surface area (Å²) in [5.41, 5.74) is 2.85. The van der Waals surface area contributed by atoms with E-state index in [1.54, 1.807) is 36.1 Å². The second-order valence-corrected chi connectivity index (χ2v) is 7.55. The molecule has 142 valence electrons. The van der Waals surface area contributed by atoms with Gasteiger partial charge in [0, 0.05) is 22.0 Å². The number of ketones is 1. The number of benzene rings is 2. The topological polar surface area (TPSA) is 73.2 Å². The minimum atomic E-state index is -0.568. The molecule has 4 rings (SSSR count). The number of rotatable bonds is 4. The number of fused-ring (bicyclic) bond motifs is 1. The molecule has 1 atom stereocenters. The van der Waals surface area contributed by atoms with Gasteiger partial charge in [-0.15, -0.1) is 0 Å². The zero-order valence-corrected chi connectivity index (χ0v) is 17.0. The van der Waals surface area contributed by atoms with Crippen LogP contribution >= 0.6 is 15.9 Å². The molecule has 0 unspecified atom stereocenters. The van der Waals surface area contributed by atoms with E-state index in [0.717, 1.165) is 21.4 Å². The summed E-state index contributed by atoms with van der Waals surface area (Å²) in [5, 5.41) is 7.49. The molecule has 1 aromatic heterocycles. The Morgan fingerprint density at radius 2 is 1.86 bits per heavy atom. The molecule has 1 N–H and O–H groups in total. The molecule has 2 heterocycles. The van der Waals surface area contributed by atoms with Crippen LogP contribution < -0.4 is 10.1 Å². The van der Waals surface area contributed by atoms with Gasteiger partial charge in [-0.3, -0.25) is 9.59 Å². The summed E-state index contributed by atoms with van der Waals surface area (Å²) in [6.45, 7) is 1.86. The molecule has 0 spiro atoms. The molecule has 1 amide bonds. The lowest BCUT2D eigenvalue weighted by Crippen LogP contribution is -2.28. The number of hydrogen-bond donors (Lipinski definition) is 1. The number of amides is 1. The van der Waals surface area contributed by atoms with Crippen LogP contribution in [0.3, 0.4) is 0 Å². The maximum absolute atomic E-state index is 13.2. The second-order valence-electron chi connectivity index (χ2n) is 6.63. The normalized spacial score (nSPS) is 15.7. The van der Waals surface area contributed by atoms with Crippen LogP contribution in [0.25, 0.3) is 5.69 Å². The van der Waals surface area contributed by atoms with Gasteiger partial charge in [0.15, 0.2) is 5.78 Å². The lowest BCUT2D eigenvalue weighted by molar-refractivity contribution is -0.116. The summed E-state index contributed by atoms with van der Waals surface area (Å²) < 4.78 is 7.79. The van der Waals surface area contributed by atoms with Crippen LogP contribution in [0.1, 0.15) is 34.0 Å². The van der Waals surface area contributed by atoms with Crippen molar-refractivity contribution in [3.63, 3.8) is 0 Å². The van der Waals surface area contributed by atoms with Gasteiger partial charge in [-0.2, -0.15) is 5.10 Å². The van der Waals surface area contributed by atoms with Crippen molar-refractivity contribution in [1.82, 2.24) is 9.78 Å². The highest BCUT2D eigenvalue weighted by molar-refractivity contribution is 9.10. The average molecular weight is 440 g/mol. The van der Waals surface area contributed by atoms with E-state index in [0.29, 0.717) is 17.1 Å². The van der Waals surface area contributed by atoms with Gasteiger partial charge in [0.2, 0.25) is 5.91 Å². The summed E-state index contributed by atoms with van der Waals surface area (Å²) in [5.74, 6) is 0.372. The molecule has 0 bridgehead atoms. The summed E-state index contributed by atoms with van der Waals surface area (Å²) in [6, 6.07) is 14.6. The van der Waals surface area contributed by atoms with Crippen molar-refractivity contribution in [2.24, 2.45) is 0 Å². The Morgan fingerprint density at radius 1 is 1.18 bits per heavy atom. The van der Waals surface area contributed by atoms with Crippen LogP contribution in [0.5, 0.6) is 5.75 Å². The summed E-state index contributed by atoms with van der Waals surface area (Å²) in [7, 11) is 1.58. The van der Waals surface area contributed by atoms with Crippen molar-refractivity contribution in [1.29, 1.82) is 0 Å². The predicted octanol–water partition coefficient (Wildman–Crippen LogP) is 4.26. The molecule has 0 aliphatic carbocycles. The van der Waals surface area contributed by atoms with Crippen LogP contribution in [-0.4, -0.2) is 28.6 Å². The number of hydrogen-bond acceptors (Lipinski definition) is 4. The average Bonchev–Trinajstić information content (AvgIpc) is 3.03. The van der Waals surface area contributed by atoms with Crippen LogP contribution in [0.15, 0.2) is 53.0 Å². The standard InChI is InChI=1S/C21H18BrN3O3/c1-12-19-17(20(27)13-3-9-16(28-2)10-4-13)11-18(26)23-21(19)25(24-12)15-7-5-14(22)6-8-15/h3-10,17H,11H2,1-2H3,(H,23,26)/t17-/m0/s1. The molecule has 7 heteroatoms. The van der Waals surface area contributed by atoms with Gasteiger partial charge < -0.3 is 10.1 Å². The fourth-order valence-electron chi connectivity index (χ4n) is 3.50. The number of nitrogens with one attached hydrogen (secondary N) is 1. The molecular formula is C21H18BrN3O3. The SMILES string of the molecule is COc1ccc(C(=O)[C@H]2CC(=O)Nc3c2c(C)nn3-c2ccc(Br)cc2)cc1. The van der Waals surface area contributed by atoms with Gasteiger partial charge in [0.1, 0.15) is 11.6 Å². The first-order valence-corrected chi connectivity index (χ1v) is 9.61. The quantitative estimate of drug-likeness (QED) is 0.616. The van der Waals surface area contributed by atoms with Gasteiger partial charge >= 0.3 is 0 Å². The van der Waals surface area contributed by atoms with E-state index < -0.39 is 5.92 Å². The molecule has 0 radical (unpaired) electrons. The molecule has 0 saturated carbocycles. The van der Waals surface area contributed by atoms with Crippen molar-refractivity contribution in [3.05, 3.63) is 69.8 Å². The number of carbonyl (C=O) groups is 2. The fourth-order valence-corrected chi connectivity index (χ4v) is 3.76. The van der Waals surface area contributed by atoms with Crippen molar-refractivity contribution >= 4 is 33.4 Å². The van der Waals surface area contributed by atoms with E-state index in [1.165, 1.54) is 0 Å². The highest BCUT2D eigenvalue weighted by Crippen LogP contribution is 2.38. The maximum Gasteiger partial charge on any atom is 0.226 e. The molecule has 1 aliphatic heterocycles. The summed E-state index contributed by atoms with van der Waals surface area (Å²) >= 11 is 3.42. The first-order chi connectivity index (χ1) is 13.5. The third kappa shape index (κ3) is 3.22. The molecule has 6 nitrogen and oxygen atoms in total. The highest BCUT2D eigenvalue weighted by Gasteiger charge is 2.36. The molecule has 3 aromatic rings. The minimum Gasteiger partial charge on any atom is -0.497 e.